The lowest BCUT2D eigenvalue weighted by Crippen LogP contribution is -2.60. The molecule has 0 saturated carbocycles. The summed E-state index contributed by atoms with van der Waals surface area (Å²) in [6, 6.07) is 0. The van der Waals surface area contributed by atoms with E-state index in [0.717, 1.165) is 4.90 Å². The maximum absolute atomic E-state index is 11.2. The molecule has 0 rings (SSSR count). The fourth-order valence-electron chi connectivity index (χ4n) is 1.88. The monoisotopic (exact) mass is 317 g/mol. The van der Waals surface area contributed by atoms with Gasteiger partial charge in [-0.3, -0.25) is 14.7 Å². The van der Waals surface area contributed by atoms with Crippen molar-refractivity contribution in [3.63, 3.8) is 0 Å². The minimum atomic E-state index is -1.60. The Bertz CT molecular complexity index is 426. The van der Waals surface area contributed by atoms with E-state index in [0.29, 0.717) is 6.41 Å². The van der Waals surface area contributed by atoms with Crippen LogP contribution in [-0.4, -0.2) is 66.6 Å². The van der Waals surface area contributed by atoms with Gasteiger partial charge in [-0.15, -0.1) is 4.91 Å². The van der Waals surface area contributed by atoms with Crippen molar-refractivity contribution in [3.05, 3.63) is 17.2 Å². The van der Waals surface area contributed by atoms with Crippen molar-refractivity contribution in [1.29, 1.82) is 0 Å². The Morgan fingerprint density at radius 1 is 1.55 bits per heavy atom. The van der Waals surface area contributed by atoms with Crippen LogP contribution in [0.3, 0.4) is 0 Å². The number of methoxy groups -OCH3 is 1. The van der Waals surface area contributed by atoms with Gasteiger partial charge in [0.2, 0.25) is 6.41 Å². The lowest BCUT2D eigenvalue weighted by molar-refractivity contribution is -0.160. The highest BCUT2D eigenvalue weighted by Gasteiger charge is 2.49. The van der Waals surface area contributed by atoms with Crippen LogP contribution < -0.4 is 11.5 Å². The van der Waals surface area contributed by atoms with Gasteiger partial charge in [0.05, 0.1) is 18.1 Å². The number of rotatable bonds is 10. The number of aliphatic hydroxyl groups is 2. The van der Waals surface area contributed by atoms with Crippen LogP contribution in [0.25, 0.3) is 0 Å². The van der Waals surface area contributed by atoms with Gasteiger partial charge in [-0.1, -0.05) is 5.18 Å². The minimum Gasteiger partial charge on any atom is -0.394 e. The summed E-state index contributed by atoms with van der Waals surface area (Å²) in [4.78, 5) is 26.5. The molecular weight excluding hydrogens is 294 g/mol. The smallest absolute Gasteiger partial charge is 0.215 e. The van der Waals surface area contributed by atoms with Crippen molar-refractivity contribution in [2.45, 2.75) is 25.4 Å². The van der Waals surface area contributed by atoms with Gasteiger partial charge in [0, 0.05) is 20.4 Å². The van der Waals surface area contributed by atoms with Crippen LogP contribution in [-0.2, 0) is 9.53 Å². The molecule has 6 N–H and O–H groups in total. The molecule has 0 bridgehead atoms. The average Bonchev–Trinajstić information content (AvgIpc) is 2.54. The van der Waals surface area contributed by atoms with E-state index in [4.69, 9.17) is 16.2 Å². The Kier molecular flexibility index (Phi) is 8.42. The topological polar surface area (TPSA) is 164 Å². The first-order valence-electron chi connectivity index (χ1n) is 6.36. The van der Waals surface area contributed by atoms with E-state index in [1.165, 1.54) is 33.4 Å². The van der Waals surface area contributed by atoms with Crippen LogP contribution >= 0.6 is 0 Å². The second-order valence-corrected chi connectivity index (χ2v) is 4.71. The van der Waals surface area contributed by atoms with Gasteiger partial charge in [0.25, 0.3) is 0 Å². The van der Waals surface area contributed by atoms with Crippen molar-refractivity contribution in [3.8, 4) is 0 Å². The SMILES string of the molecule is C/N=C(N)\C=C/N(C=O)C(O)C(C)(C(N)N=O)C(CO)OC. The van der Waals surface area contributed by atoms with Gasteiger partial charge in [0.1, 0.15) is 12.1 Å². The first kappa shape index (κ1) is 20.1. The molecule has 0 aromatic carbocycles. The van der Waals surface area contributed by atoms with Crippen molar-refractivity contribution in [2.24, 2.45) is 27.1 Å². The lowest BCUT2D eigenvalue weighted by Gasteiger charge is -2.43. The third-order valence-corrected chi connectivity index (χ3v) is 3.53. The van der Waals surface area contributed by atoms with Crippen LogP contribution in [0.5, 0.6) is 0 Å². The predicted octanol–water partition coefficient (Wildman–Crippen LogP) is -1.67. The molecule has 0 radical (unpaired) electrons. The third kappa shape index (κ3) is 4.31. The zero-order valence-corrected chi connectivity index (χ0v) is 12.8. The van der Waals surface area contributed by atoms with E-state index in [1.807, 2.05) is 0 Å². The number of nitrogens with zero attached hydrogens (tertiary/aromatic N) is 3. The Balaban J connectivity index is 5.66. The number of nitrogens with two attached hydrogens (primary N) is 2. The molecule has 4 unspecified atom stereocenters. The van der Waals surface area contributed by atoms with E-state index < -0.39 is 30.5 Å². The molecule has 0 heterocycles. The molecule has 0 saturated heterocycles. The molecule has 0 aromatic rings. The number of amides is 1. The second kappa shape index (κ2) is 9.20. The number of ether oxygens (including phenoxy) is 1. The number of amidine groups is 1. The fourth-order valence-corrected chi connectivity index (χ4v) is 1.88. The van der Waals surface area contributed by atoms with E-state index in [-0.39, 0.29) is 5.84 Å². The standard InChI is InChI=1S/C12H23N5O5/c1-12(10(14)16-21,8(6-18)22-3)11(20)17(7-19)5-4-9(13)15-2/h4-5,7-8,10-11,18,20H,6,14H2,1-3H3,(H2,13,15)/b5-4-. The molecule has 10 nitrogen and oxygen atoms in total. The highest BCUT2D eigenvalue weighted by Crippen LogP contribution is 2.33. The quantitative estimate of drug-likeness (QED) is 0.123. The normalized spacial score (nSPS) is 19.3. The predicted molar refractivity (Wildman–Crippen MR) is 80.4 cm³/mol. The fraction of sp³-hybridized carbons (Fsp3) is 0.667. The molecule has 0 fully saturated rings. The van der Waals surface area contributed by atoms with Crippen molar-refractivity contribution < 1.29 is 19.7 Å². The zero-order chi connectivity index (χ0) is 17.3. The molecule has 0 aliphatic heterocycles. The largest absolute Gasteiger partial charge is 0.394 e. The van der Waals surface area contributed by atoms with Crippen LogP contribution in [0, 0.1) is 10.3 Å². The number of aliphatic hydroxyl groups excluding tert-OH is 2. The van der Waals surface area contributed by atoms with E-state index in [1.54, 1.807) is 0 Å². The summed E-state index contributed by atoms with van der Waals surface area (Å²) >= 11 is 0. The maximum atomic E-state index is 11.2. The summed E-state index contributed by atoms with van der Waals surface area (Å²) in [5.74, 6) is 0.115. The molecular formula is C12H23N5O5. The number of carbonyl (C=O) groups excluding carboxylic acids is 1. The van der Waals surface area contributed by atoms with Gasteiger partial charge < -0.3 is 26.4 Å². The van der Waals surface area contributed by atoms with E-state index in [9.17, 15) is 19.9 Å². The molecule has 0 spiro atoms. The lowest BCUT2D eigenvalue weighted by atomic mass is 9.79. The molecule has 126 valence electrons. The molecule has 1 amide bonds. The van der Waals surface area contributed by atoms with Crippen molar-refractivity contribution in [2.75, 3.05) is 20.8 Å². The minimum absolute atomic E-state index is 0.115. The summed E-state index contributed by atoms with van der Waals surface area (Å²) in [6.07, 6.45) is -1.32. The number of hydrogen-bond donors (Lipinski definition) is 4. The summed E-state index contributed by atoms with van der Waals surface area (Å²) in [5, 5.41) is 22.5. The molecule has 22 heavy (non-hydrogen) atoms. The highest BCUT2D eigenvalue weighted by atomic mass is 16.5. The van der Waals surface area contributed by atoms with Gasteiger partial charge in [-0.25, -0.2) is 0 Å². The van der Waals surface area contributed by atoms with Gasteiger partial charge in [-0.05, 0) is 13.0 Å². The Morgan fingerprint density at radius 3 is 2.50 bits per heavy atom. The summed E-state index contributed by atoms with van der Waals surface area (Å²) in [5.41, 5.74) is 9.54. The number of carbonyl (C=O) groups is 1. The van der Waals surface area contributed by atoms with Crippen LogP contribution in [0.2, 0.25) is 0 Å². The van der Waals surface area contributed by atoms with Crippen LogP contribution in [0.4, 0.5) is 0 Å². The maximum Gasteiger partial charge on any atom is 0.215 e. The second-order valence-electron chi connectivity index (χ2n) is 4.71. The van der Waals surface area contributed by atoms with Crippen LogP contribution in [0.1, 0.15) is 6.92 Å². The van der Waals surface area contributed by atoms with E-state index in [2.05, 4.69) is 10.2 Å². The summed E-state index contributed by atoms with van der Waals surface area (Å²) < 4.78 is 5.05. The highest BCUT2D eigenvalue weighted by molar-refractivity contribution is 5.91. The van der Waals surface area contributed by atoms with Gasteiger partial charge in [-0.2, -0.15) is 0 Å². The molecule has 4 atom stereocenters. The summed E-state index contributed by atoms with van der Waals surface area (Å²) in [6.45, 7) is 0.831. The molecule has 0 aliphatic carbocycles. The van der Waals surface area contributed by atoms with E-state index >= 15 is 0 Å². The first-order valence-corrected chi connectivity index (χ1v) is 6.36. The Morgan fingerprint density at radius 2 is 2.14 bits per heavy atom. The van der Waals surface area contributed by atoms with Gasteiger partial charge >= 0.3 is 0 Å². The average molecular weight is 317 g/mol. The third-order valence-electron chi connectivity index (χ3n) is 3.53. The molecule has 0 aromatic heterocycles. The molecule has 0 aliphatic rings. The number of hydrogen-bond acceptors (Lipinski definition) is 8. The Labute approximate surface area is 128 Å². The Hall–Kier alpha value is -1.88. The zero-order valence-electron chi connectivity index (χ0n) is 12.8. The molecule has 10 heteroatoms. The first-order chi connectivity index (χ1) is 10.3. The summed E-state index contributed by atoms with van der Waals surface area (Å²) in [7, 11) is 2.72. The van der Waals surface area contributed by atoms with Crippen LogP contribution in [0.15, 0.2) is 22.4 Å². The number of aliphatic imine (C=N–C) groups is 1. The number of nitroso groups, excluding NO2 is 1. The van der Waals surface area contributed by atoms with Gasteiger partial charge in [0.15, 0.2) is 6.17 Å². The van der Waals surface area contributed by atoms with Crippen molar-refractivity contribution in [1.82, 2.24) is 4.90 Å². The van der Waals surface area contributed by atoms with Crippen molar-refractivity contribution >= 4 is 12.2 Å².